The van der Waals surface area contributed by atoms with E-state index in [9.17, 15) is 0 Å². The number of thiol groups is 1. The van der Waals surface area contributed by atoms with Crippen molar-refractivity contribution in [2.45, 2.75) is 6.42 Å². The fourth-order valence-corrected chi connectivity index (χ4v) is 1.19. The van der Waals surface area contributed by atoms with E-state index in [2.05, 4.69) is 24.5 Å². The molecule has 2 N–H and O–H groups in total. The van der Waals surface area contributed by atoms with Gasteiger partial charge in [0.1, 0.15) is 4.99 Å². The molecule has 0 aromatic heterocycles. The van der Waals surface area contributed by atoms with Crippen LogP contribution in [0.1, 0.15) is 17.5 Å². The van der Waals surface area contributed by atoms with Gasteiger partial charge in [-0.3, -0.25) is 0 Å². The zero-order valence-electron chi connectivity index (χ0n) is 7.66. The summed E-state index contributed by atoms with van der Waals surface area (Å²) in [6.45, 7) is 0. The van der Waals surface area contributed by atoms with Crippen LogP contribution in [0.15, 0.2) is 24.3 Å². The first kappa shape index (κ1) is 11.1. The van der Waals surface area contributed by atoms with Crippen molar-refractivity contribution in [3.8, 4) is 11.8 Å². The van der Waals surface area contributed by atoms with Gasteiger partial charge >= 0.3 is 0 Å². The standard InChI is InChI=1S/C11H11NS2/c12-11(14)10-6-4-9(5-7-10)3-1-2-8-13/h4-7,13H,2,8H2,(H2,12,14). The van der Waals surface area contributed by atoms with Crippen molar-refractivity contribution >= 4 is 29.8 Å². The molecular formula is C11H11NS2. The summed E-state index contributed by atoms with van der Waals surface area (Å²) < 4.78 is 0. The minimum absolute atomic E-state index is 0.417. The number of hydrogen-bond donors (Lipinski definition) is 2. The zero-order valence-corrected chi connectivity index (χ0v) is 9.37. The maximum atomic E-state index is 5.47. The molecule has 0 aliphatic carbocycles. The van der Waals surface area contributed by atoms with E-state index < -0.39 is 0 Å². The van der Waals surface area contributed by atoms with Gasteiger partial charge in [-0.05, 0) is 12.1 Å². The van der Waals surface area contributed by atoms with E-state index in [0.717, 1.165) is 23.3 Å². The summed E-state index contributed by atoms with van der Waals surface area (Å²) in [6.07, 6.45) is 0.806. The van der Waals surface area contributed by atoms with Crippen LogP contribution in [0.2, 0.25) is 0 Å². The predicted molar refractivity (Wildman–Crippen MR) is 67.7 cm³/mol. The van der Waals surface area contributed by atoms with Crippen LogP contribution in [-0.2, 0) is 0 Å². The molecule has 0 radical (unpaired) electrons. The van der Waals surface area contributed by atoms with E-state index in [1.54, 1.807) is 0 Å². The highest BCUT2D eigenvalue weighted by Crippen LogP contribution is 2.02. The van der Waals surface area contributed by atoms with E-state index in [0.29, 0.717) is 4.99 Å². The molecule has 1 aromatic carbocycles. The molecule has 0 bridgehead atoms. The Morgan fingerprint density at radius 3 is 2.50 bits per heavy atom. The van der Waals surface area contributed by atoms with Gasteiger partial charge in [-0.2, -0.15) is 12.6 Å². The van der Waals surface area contributed by atoms with Crippen LogP contribution in [0.4, 0.5) is 0 Å². The Hall–Kier alpha value is -0.980. The lowest BCUT2D eigenvalue weighted by atomic mass is 10.1. The Kier molecular flexibility index (Phi) is 4.51. The summed E-state index contributed by atoms with van der Waals surface area (Å²) >= 11 is 8.92. The summed E-state index contributed by atoms with van der Waals surface area (Å²) in [5.74, 6) is 6.83. The van der Waals surface area contributed by atoms with Gasteiger partial charge in [0.15, 0.2) is 0 Å². The van der Waals surface area contributed by atoms with Crippen LogP contribution in [0.5, 0.6) is 0 Å². The average molecular weight is 221 g/mol. The fraction of sp³-hybridized carbons (Fsp3) is 0.182. The molecule has 0 aliphatic rings. The highest BCUT2D eigenvalue weighted by atomic mass is 32.1. The smallest absolute Gasteiger partial charge is 0.103 e. The molecule has 0 spiro atoms. The zero-order chi connectivity index (χ0) is 10.4. The Morgan fingerprint density at radius 1 is 1.36 bits per heavy atom. The second kappa shape index (κ2) is 5.69. The second-order valence-electron chi connectivity index (χ2n) is 2.72. The third-order valence-electron chi connectivity index (χ3n) is 1.64. The number of rotatable bonds is 2. The molecule has 0 saturated heterocycles. The average Bonchev–Trinajstić information content (AvgIpc) is 2.19. The molecule has 1 nitrogen and oxygen atoms in total. The van der Waals surface area contributed by atoms with Gasteiger partial charge in [-0.15, -0.1) is 0 Å². The van der Waals surface area contributed by atoms with Crippen molar-refractivity contribution in [3.05, 3.63) is 35.4 Å². The lowest BCUT2D eigenvalue weighted by Crippen LogP contribution is -2.08. The summed E-state index contributed by atoms with van der Waals surface area (Å²) in [4.78, 5) is 0.417. The van der Waals surface area contributed by atoms with E-state index >= 15 is 0 Å². The number of benzene rings is 1. The summed E-state index contributed by atoms with van der Waals surface area (Å²) in [5, 5.41) is 0. The first-order valence-corrected chi connectivity index (χ1v) is 5.27. The Labute approximate surface area is 95.1 Å². The molecule has 0 aliphatic heterocycles. The van der Waals surface area contributed by atoms with Gasteiger partial charge in [-0.25, -0.2) is 0 Å². The molecular weight excluding hydrogens is 210 g/mol. The summed E-state index contributed by atoms with van der Waals surface area (Å²) in [6, 6.07) is 7.60. The monoisotopic (exact) mass is 221 g/mol. The quantitative estimate of drug-likeness (QED) is 0.454. The third-order valence-corrected chi connectivity index (χ3v) is 2.10. The van der Waals surface area contributed by atoms with Gasteiger partial charge in [0.2, 0.25) is 0 Å². The molecule has 1 rings (SSSR count). The van der Waals surface area contributed by atoms with Crippen molar-refractivity contribution in [1.82, 2.24) is 0 Å². The lowest BCUT2D eigenvalue weighted by molar-refractivity contribution is 1.31. The molecule has 0 heterocycles. The van der Waals surface area contributed by atoms with Crippen LogP contribution < -0.4 is 5.73 Å². The Morgan fingerprint density at radius 2 is 2.00 bits per heavy atom. The van der Waals surface area contributed by atoms with Crippen LogP contribution in [0.25, 0.3) is 0 Å². The van der Waals surface area contributed by atoms with Crippen molar-refractivity contribution in [2.24, 2.45) is 5.73 Å². The van der Waals surface area contributed by atoms with E-state index in [-0.39, 0.29) is 0 Å². The number of thiocarbonyl (C=S) groups is 1. The molecule has 3 heteroatoms. The maximum absolute atomic E-state index is 5.47. The van der Waals surface area contributed by atoms with Gasteiger partial charge in [0.25, 0.3) is 0 Å². The largest absolute Gasteiger partial charge is 0.389 e. The van der Waals surface area contributed by atoms with Crippen molar-refractivity contribution < 1.29 is 0 Å². The minimum Gasteiger partial charge on any atom is -0.389 e. The van der Waals surface area contributed by atoms with Gasteiger partial charge in [0, 0.05) is 23.3 Å². The highest BCUT2D eigenvalue weighted by molar-refractivity contribution is 7.80. The third kappa shape index (κ3) is 3.41. The molecule has 14 heavy (non-hydrogen) atoms. The fourth-order valence-electron chi connectivity index (χ4n) is 0.938. The first-order chi connectivity index (χ1) is 6.74. The normalized spacial score (nSPS) is 8.93. The molecule has 0 unspecified atom stereocenters. The number of hydrogen-bond acceptors (Lipinski definition) is 2. The van der Waals surface area contributed by atoms with E-state index in [4.69, 9.17) is 18.0 Å². The molecule has 72 valence electrons. The molecule has 1 aromatic rings. The van der Waals surface area contributed by atoms with Crippen molar-refractivity contribution in [1.29, 1.82) is 0 Å². The minimum atomic E-state index is 0.417. The maximum Gasteiger partial charge on any atom is 0.103 e. The summed E-state index contributed by atoms with van der Waals surface area (Å²) in [7, 11) is 0. The highest BCUT2D eigenvalue weighted by Gasteiger charge is 1.93. The predicted octanol–water partition coefficient (Wildman–Crippen LogP) is 1.99. The molecule has 0 amide bonds. The van der Waals surface area contributed by atoms with Gasteiger partial charge in [0.05, 0.1) is 0 Å². The number of nitrogens with two attached hydrogens (primary N) is 1. The van der Waals surface area contributed by atoms with Crippen molar-refractivity contribution in [3.63, 3.8) is 0 Å². The van der Waals surface area contributed by atoms with Gasteiger partial charge < -0.3 is 5.73 Å². The first-order valence-electron chi connectivity index (χ1n) is 4.23. The van der Waals surface area contributed by atoms with Crippen LogP contribution in [0.3, 0.4) is 0 Å². The summed E-state index contributed by atoms with van der Waals surface area (Å²) in [5.41, 5.74) is 7.32. The van der Waals surface area contributed by atoms with Gasteiger partial charge in [-0.1, -0.05) is 36.2 Å². The lowest BCUT2D eigenvalue weighted by Gasteiger charge is -1.96. The molecule has 0 atom stereocenters. The van der Waals surface area contributed by atoms with Crippen LogP contribution >= 0.6 is 24.8 Å². The Bertz CT molecular complexity index is 371. The molecule has 0 saturated carbocycles. The van der Waals surface area contributed by atoms with Crippen LogP contribution in [0, 0.1) is 11.8 Å². The van der Waals surface area contributed by atoms with Crippen molar-refractivity contribution in [2.75, 3.05) is 5.75 Å². The Balaban J connectivity index is 2.75. The SMILES string of the molecule is NC(=S)c1ccc(C#CCCS)cc1. The van der Waals surface area contributed by atoms with E-state index in [1.165, 1.54) is 0 Å². The van der Waals surface area contributed by atoms with Crippen LogP contribution in [-0.4, -0.2) is 10.7 Å². The van der Waals surface area contributed by atoms with E-state index in [1.807, 2.05) is 24.3 Å². The second-order valence-corrected chi connectivity index (χ2v) is 3.60. The topological polar surface area (TPSA) is 26.0 Å². The molecule has 0 fully saturated rings.